The average molecular weight is 293 g/mol. The number of nitrogen functional groups attached to an aromatic ring is 1. The van der Waals surface area contributed by atoms with Gasteiger partial charge < -0.3 is 20.5 Å². The van der Waals surface area contributed by atoms with Crippen LogP contribution in [0.1, 0.15) is 39.5 Å². The van der Waals surface area contributed by atoms with Crippen molar-refractivity contribution in [2.45, 2.75) is 45.6 Å². The largest absolute Gasteiger partial charge is 0.476 e. The van der Waals surface area contributed by atoms with Crippen LogP contribution in [0.4, 0.5) is 11.5 Å². The number of anilines is 2. The van der Waals surface area contributed by atoms with Gasteiger partial charge >= 0.3 is 0 Å². The molecule has 0 atom stereocenters. The summed E-state index contributed by atoms with van der Waals surface area (Å²) in [7, 11) is 0. The molecular formula is C16H27N3O2. The van der Waals surface area contributed by atoms with Crippen LogP contribution in [-0.4, -0.2) is 35.9 Å². The number of hydrogen-bond donors (Lipinski definition) is 2. The van der Waals surface area contributed by atoms with Gasteiger partial charge in [0.1, 0.15) is 5.82 Å². The van der Waals surface area contributed by atoms with Crippen molar-refractivity contribution in [1.82, 2.24) is 4.98 Å². The smallest absolute Gasteiger partial charge is 0.239 e. The van der Waals surface area contributed by atoms with Crippen molar-refractivity contribution in [3.8, 4) is 5.88 Å². The molecule has 1 saturated carbocycles. The Morgan fingerprint density at radius 2 is 2.10 bits per heavy atom. The molecule has 0 unspecified atom stereocenters. The molecule has 0 spiro atoms. The minimum Gasteiger partial charge on any atom is -0.476 e. The Bertz CT molecular complexity index is 445. The molecule has 5 nitrogen and oxygen atoms in total. The quantitative estimate of drug-likeness (QED) is 0.731. The molecule has 0 radical (unpaired) electrons. The number of pyridine rings is 1. The van der Waals surface area contributed by atoms with Gasteiger partial charge in [-0.25, -0.2) is 0 Å². The minimum atomic E-state index is 0.112. The zero-order valence-electron chi connectivity index (χ0n) is 13.1. The molecule has 5 heteroatoms. The van der Waals surface area contributed by atoms with Crippen LogP contribution < -0.4 is 15.4 Å². The maximum atomic E-state index is 9.32. The van der Waals surface area contributed by atoms with Crippen molar-refractivity contribution < 1.29 is 9.84 Å². The summed E-state index contributed by atoms with van der Waals surface area (Å²) in [5.41, 5.74) is 6.53. The van der Waals surface area contributed by atoms with Crippen molar-refractivity contribution in [2.75, 3.05) is 30.4 Å². The first-order valence-electron chi connectivity index (χ1n) is 7.96. The van der Waals surface area contributed by atoms with E-state index in [9.17, 15) is 5.11 Å². The third kappa shape index (κ3) is 4.24. The second kappa shape index (κ2) is 7.50. The van der Waals surface area contributed by atoms with Crippen molar-refractivity contribution in [2.24, 2.45) is 5.92 Å². The normalized spacial score (nSPS) is 14.5. The standard InChI is InChI=1S/C16H27N3O2/c1-3-13(4-2)19(9-10-20)15-8-7-14(17)16(18-15)21-11-12-5-6-12/h7-8,12-13,20H,3-6,9-11,17H2,1-2H3. The van der Waals surface area contributed by atoms with Gasteiger partial charge in [-0.2, -0.15) is 4.98 Å². The number of nitrogens with zero attached hydrogens (tertiary/aromatic N) is 2. The van der Waals surface area contributed by atoms with Crippen molar-refractivity contribution in [1.29, 1.82) is 0 Å². The maximum absolute atomic E-state index is 9.32. The molecule has 21 heavy (non-hydrogen) atoms. The summed E-state index contributed by atoms with van der Waals surface area (Å²) in [6.45, 7) is 5.69. The second-order valence-electron chi connectivity index (χ2n) is 5.71. The lowest BCUT2D eigenvalue weighted by molar-refractivity contribution is 0.287. The van der Waals surface area contributed by atoms with Gasteiger partial charge in [0.2, 0.25) is 5.88 Å². The monoisotopic (exact) mass is 293 g/mol. The van der Waals surface area contributed by atoms with Gasteiger partial charge in [0, 0.05) is 12.6 Å². The zero-order valence-corrected chi connectivity index (χ0v) is 13.1. The van der Waals surface area contributed by atoms with E-state index in [0.29, 0.717) is 36.7 Å². The van der Waals surface area contributed by atoms with Gasteiger partial charge in [0.05, 0.1) is 18.9 Å². The predicted molar refractivity (Wildman–Crippen MR) is 85.7 cm³/mol. The number of rotatable bonds is 9. The Balaban J connectivity index is 2.16. The van der Waals surface area contributed by atoms with Crippen LogP contribution >= 0.6 is 0 Å². The fraction of sp³-hybridized carbons (Fsp3) is 0.688. The van der Waals surface area contributed by atoms with Gasteiger partial charge in [0.15, 0.2) is 0 Å². The Morgan fingerprint density at radius 3 is 2.67 bits per heavy atom. The van der Waals surface area contributed by atoms with E-state index in [4.69, 9.17) is 10.5 Å². The van der Waals surface area contributed by atoms with Crippen molar-refractivity contribution in [3.63, 3.8) is 0 Å². The highest BCUT2D eigenvalue weighted by atomic mass is 16.5. The molecule has 1 aromatic heterocycles. The number of aromatic nitrogens is 1. The first-order valence-corrected chi connectivity index (χ1v) is 7.96. The Hall–Kier alpha value is -1.49. The first-order chi connectivity index (χ1) is 10.2. The van der Waals surface area contributed by atoms with Gasteiger partial charge in [-0.15, -0.1) is 0 Å². The molecular weight excluding hydrogens is 266 g/mol. The molecule has 0 aromatic carbocycles. The maximum Gasteiger partial charge on any atom is 0.239 e. The van der Waals surface area contributed by atoms with E-state index in [0.717, 1.165) is 18.7 Å². The topological polar surface area (TPSA) is 71.6 Å². The molecule has 2 rings (SSSR count). The molecule has 0 saturated heterocycles. The average Bonchev–Trinajstić information content (AvgIpc) is 3.31. The lowest BCUT2D eigenvalue weighted by Crippen LogP contribution is -2.37. The van der Waals surface area contributed by atoms with Gasteiger partial charge in [-0.1, -0.05) is 13.8 Å². The number of aliphatic hydroxyl groups excluding tert-OH is 1. The summed E-state index contributed by atoms with van der Waals surface area (Å²) < 4.78 is 5.75. The number of ether oxygens (including phenoxy) is 1. The lowest BCUT2D eigenvalue weighted by Gasteiger charge is -2.31. The van der Waals surface area contributed by atoms with Crippen LogP contribution in [0.25, 0.3) is 0 Å². The van der Waals surface area contributed by atoms with E-state index < -0.39 is 0 Å². The molecule has 3 N–H and O–H groups in total. The van der Waals surface area contributed by atoms with Crippen LogP contribution in [0.3, 0.4) is 0 Å². The van der Waals surface area contributed by atoms with Gasteiger partial charge in [-0.3, -0.25) is 0 Å². The summed E-state index contributed by atoms with van der Waals surface area (Å²) in [6, 6.07) is 4.12. The molecule has 0 bridgehead atoms. The summed E-state index contributed by atoms with van der Waals surface area (Å²) in [6.07, 6.45) is 4.51. The molecule has 1 aromatic rings. The molecule has 1 aliphatic rings. The summed E-state index contributed by atoms with van der Waals surface area (Å²) >= 11 is 0. The SMILES string of the molecule is CCC(CC)N(CCO)c1ccc(N)c(OCC2CC2)n1. The first kappa shape index (κ1) is 15.9. The van der Waals surface area contributed by atoms with Crippen LogP contribution in [0.2, 0.25) is 0 Å². The number of nitrogens with two attached hydrogens (primary N) is 1. The lowest BCUT2D eigenvalue weighted by atomic mass is 10.1. The number of hydrogen-bond acceptors (Lipinski definition) is 5. The Morgan fingerprint density at radius 1 is 1.38 bits per heavy atom. The van der Waals surface area contributed by atoms with Crippen LogP contribution in [0.5, 0.6) is 5.88 Å². The summed E-state index contributed by atoms with van der Waals surface area (Å²) in [5, 5.41) is 9.32. The molecule has 0 amide bonds. The summed E-state index contributed by atoms with van der Waals surface area (Å²) in [5.74, 6) is 2.02. The predicted octanol–water partition coefficient (Wildman–Crippen LogP) is 2.44. The van der Waals surface area contributed by atoms with Crippen LogP contribution in [-0.2, 0) is 0 Å². The zero-order chi connectivity index (χ0) is 15.2. The van der Waals surface area contributed by atoms with E-state index in [2.05, 4.69) is 23.7 Å². The molecule has 118 valence electrons. The molecule has 1 aliphatic carbocycles. The van der Waals surface area contributed by atoms with E-state index in [1.807, 2.05) is 12.1 Å². The van der Waals surface area contributed by atoms with E-state index in [1.54, 1.807) is 0 Å². The summed E-state index contributed by atoms with van der Waals surface area (Å²) in [4.78, 5) is 6.72. The van der Waals surface area contributed by atoms with E-state index in [1.165, 1.54) is 12.8 Å². The van der Waals surface area contributed by atoms with Crippen LogP contribution in [0.15, 0.2) is 12.1 Å². The van der Waals surface area contributed by atoms with Gasteiger partial charge in [0.25, 0.3) is 0 Å². The molecule has 1 fully saturated rings. The minimum absolute atomic E-state index is 0.112. The highest BCUT2D eigenvalue weighted by Crippen LogP contribution is 2.31. The fourth-order valence-electron chi connectivity index (χ4n) is 2.52. The highest BCUT2D eigenvalue weighted by molar-refractivity contribution is 5.55. The van der Waals surface area contributed by atoms with E-state index >= 15 is 0 Å². The molecule has 0 aliphatic heterocycles. The second-order valence-corrected chi connectivity index (χ2v) is 5.71. The van der Waals surface area contributed by atoms with Gasteiger partial charge in [-0.05, 0) is 43.7 Å². The fourth-order valence-corrected chi connectivity index (χ4v) is 2.52. The third-order valence-corrected chi connectivity index (χ3v) is 4.05. The number of aliphatic hydroxyl groups is 1. The van der Waals surface area contributed by atoms with Crippen molar-refractivity contribution in [3.05, 3.63) is 12.1 Å². The van der Waals surface area contributed by atoms with Crippen molar-refractivity contribution >= 4 is 11.5 Å². The Labute approximate surface area is 127 Å². The highest BCUT2D eigenvalue weighted by Gasteiger charge is 2.23. The Kier molecular flexibility index (Phi) is 5.67. The third-order valence-electron chi connectivity index (χ3n) is 4.05. The van der Waals surface area contributed by atoms with Crippen LogP contribution in [0, 0.1) is 5.92 Å². The molecule has 1 heterocycles. The van der Waals surface area contributed by atoms with E-state index in [-0.39, 0.29) is 6.61 Å².